The molecule has 0 bridgehead atoms. The van der Waals surface area contributed by atoms with Crippen LogP contribution in [-0.2, 0) is 9.59 Å². The van der Waals surface area contributed by atoms with Crippen LogP contribution >= 0.6 is 22.9 Å². The number of ketones is 1. The molecule has 2 aromatic carbocycles. The van der Waals surface area contributed by atoms with Crippen molar-refractivity contribution in [3.63, 3.8) is 0 Å². The zero-order chi connectivity index (χ0) is 24.7. The summed E-state index contributed by atoms with van der Waals surface area (Å²) < 4.78 is 20.0. The van der Waals surface area contributed by atoms with E-state index < -0.39 is 23.5 Å². The van der Waals surface area contributed by atoms with Crippen LogP contribution in [0.5, 0.6) is 5.75 Å². The average Bonchev–Trinajstić information content (AvgIpc) is 3.37. The third-order valence-electron chi connectivity index (χ3n) is 5.51. The number of hydrogen-bond donors (Lipinski definition) is 1. The summed E-state index contributed by atoms with van der Waals surface area (Å²) in [6.07, 6.45) is 3.05. The molecular weight excluding hydrogens is 493 g/mol. The van der Waals surface area contributed by atoms with Crippen LogP contribution in [0.15, 0.2) is 66.5 Å². The van der Waals surface area contributed by atoms with Crippen molar-refractivity contribution < 1.29 is 23.8 Å². The first kappa shape index (κ1) is 22.9. The predicted molar refractivity (Wildman–Crippen MR) is 131 cm³/mol. The molecule has 0 aliphatic carbocycles. The van der Waals surface area contributed by atoms with Crippen molar-refractivity contribution in [1.82, 2.24) is 9.97 Å². The van der Waals surface area contributed by atoms with Crippen molar-refractivity contribution >= 4 is 55.7 Å². The largest absolute Gasteiger partial charge is 0.507 e. The number of aliphatic hydroxyl groups excluding tert-OH is 1. The van der Waals surface area contributed by atoms with E-state index in [0.29, 0.717) is 33.7 Å². The highest BCUT2D eigenvalue weighted by atomic mass is 35.5. The maximum Gasteiger partial charge on any atom is 0.301 e. The molecule has 1 atom stereocenters. The molecule has 1 saturated heterocycles. The van der Waals surface area contributed by atoms with E-state index in [4.69, 9.17) is 16.3 Å². The number of Topliss-reactive ketones (excluding diaryl/α,β-unsaturated/α-hetero) is 1. The van der Waals surface area contributed by atoms with Gasteiger partial charge in [0.25, 0.3) is 5.78 Å². The Morgan fingerprint density at radius 3 is 2.71 bits per heavy atom. The normalized spacial score (nSPS) is 17.3. The molecule has 176 valence electrons. The highest BCUT2D eigenvalue weighted by molar-refractivity contribution is 7.22. The molecule has 4 aromatic rings. The number of rotatable bonds is 5. The predicted octanol–water partition coefficient (Wildman–Crippen LogP) is 5.51. The Morgan fingerprint density at radius 2 is 1.97 bits per heavy atom. The van der Waals surface area contributed by atoms with Crippen LogP contribution in [0.2, 0.25) is 5.02 Å². The molecule has 35 heavy (non-hydrogen) atoms. The summed E-state index contributed by atoms with van der Waals surface area (Å²) in [5.74, 6) is -2.17. The van der Waals surface area contributed by atoms with Gasteiger partial charge >= 0.3 is 5.91 Å². The number of ether oxygens (including phenoxy) is 1. The molecule has 0 radical (unpaired) electrons. The van der Waals surface area contributed by atoms with Crippen molar-refractivity contribution in [3.05, 3.63) is 88.5 Å². The van der Waals surface area contributed by atoms with Crippen LogP contribution in [0, 0.1) is 5.82 Å². The van der Waals surface area contributed by atoms with Gasteiger partial charge in [0.15, 0.2) is 5.13 Å². The van der Waals surface area contributed by atoms with Gasteiger partial charge in [-0.15, -0.1) is 0 Å². The van der Waals surface area contributed by atoms with E-state index in [1.54, 1.807) is 36.4 Å². The molecule has 5 rings (SSSR count). The fourth-order valence-electron chi connectivity index (χ4n) is 3.96. The summed E-state index contributed by atoms with van der Waals surface area (Å²) >= 11 is 6.94. The summed E-state index contributed by atoms with van der Waals surface area (Å²) in [6.45, 7) is 2.26. The van der Waals surface area contributed by atoms with Crippen molar-refractivity contribution in [1.29, 1.82) is 0 Å². The SMILES string of the molecule is CCOc1cccc(/C(O)=C2\C(=O)C(=O)N(c3nc4cc(Cl)c(F)cc4s3)C2c2ccncc2)c1. The summed E-state index contributed by atoms with van der Waals surface area (Å²) in [7, 11) is 0. The lowest BCUT2D eigenvalue weighted by Gasteiger charge is -2.22. The molecule has 1 unspecified atom stereocenters. The Labute approximate surface area is 208 Å². The Hall–Kier alpha value is -3.82. The number of nitrogens with zero attached hydrogens (tertiary/aromatic N) is 3. The van der Waals surface area contributed by atoms with Crippen molar-refractivity contribution in [2.45, 2.75) is 13.0 Å². The minimum absolute atomic E-state index is 0.0988. The van der Waals surface area contributed by atoms with Gasteiger partial charge in [-0.3, -0.25) is 19.5 Å². The van der Waals surface area contributed by atoms with Crippen LogP contribution in [-0.4, -0.2) is 33.4 Å². The summed E-state index contributed by atoms with van der Waals surface area (Å²) in [5, 5.41) is 11.3. The lowest BCUT2D eigenvalue weighted by Crippen LogP contribution is -2.29. The van der Waals surface area contributed by atoms with E-state index in [-0.39, 0.29) is 21.5 Å². The number of halogens is 2. The zero-order valence-electron chi connectivity index (χ0n) is 18.2. The average molecular weight is 510 g/mol. The van der Waals surface area contributed by atoms with Crippen LogP contribution in [0.4, 0.5) is 9.52 Å². The number of benzene rings is 2. The number of aromatic nitrogens is 2. The number of aliphatic hydroxyl groups is 1. The smallest absolute Gasteiger partial charge is 0.301 e. The standard InChI is InChI=1S/C25H17ClFN3O4S/c1-2-34-15-5-3-4-14(10-15)22(31)20-21(13-6-8-28-9-7-13)30(24(33)23(20)32)25-29-18-11-16(26)17(27)12-19(18)35-25/h3-12,21,31H,2H2,1H3/b22-20+. The second kappa shape index (κ2) is 9.09. The topological polar surface area (TPSA) is 92.6 Å². The third kappa shape index (κ3) is 4.02. The van der Waals surface area contributed by atoms with Crippen LogP contribution in [0.1, 0.15) is 24.1 Å². The summed E-state index contributed by atoms with van der Waals surface area (Å²) in [5.41, 5.74) is 1.16. The lowest BCUT2D eigenvalue weighted by molar-refractivity contribution is -0.132. The van der Waals surface area contributed by atoms with E-state index in [2.05, 4.69) is 9.97 Å². The van der Waals surface area contributed by atoms with E-state index in [0.717, 1.165) is 11.3 Å². The van der Waals surface area contributed by atoms with Gasteiger partial charge in [0, 0.05) is 18.0 Å². The van der Waals surface area contributed by atoms with E-state index in [9.17, 15) is 19.1 Å². The Bertz CT molecular complexity index is 1470. The quantitative estimate of drug-likeness (QED) is 0.217. The molecule has 0 spiro atoms. The molecule has 1 amide bonds. The van der Waals surface area contributed by atoms with Crippen LogP contribution in [0.3, 0.4) is 0 Å². The number of carbonyl (C=O) groups excluding carboxylic acids is 2. The first-order valence-corrected chi connectivity index (χ1v) is 11.8. The first-order chi connectivity index (χ1) is 16.9. The van der Waals surface area contributed by atoms with E-state index in [1.807, 2.05) is 6.92 Å². The van der Waals surface area contributed by atoms with Gasteiger partial charge in [-0.25, -0.2) is 9.37 Å². The zero-order valence-corrected chi connectivity index (χ0v) is 19.8. The summed E-state index contributed by atoms with van der Waals surface area (Å²) in [6, 6.07) is 11.5. The molecule has 7 nitrogen and oxygen atoms in total. The van der Waals surface area contributed by atoms with E-state index in [1.165, 1.54) is 29.4 Å². The monoisotopic (exact) mass is 509 g/mol. The number of pyridine rings is 1. The van der Waals surface area contributed by atoms with Gasteiger partial charge in [0.2, 0.25) is 0 Å². The van der Waals surface area contributed by atoms with Gasteiger partial charge in [-0.2, -0.15) is 0 Å². The van der Waals surface area contributed by atoms with Crippen molar-refractivity contribution in [2.24, 2.45) is 0 Å². The molecule has 3 heterocycles. The molecule has 2 aromatic heterocycles. The molecule has 1 aliphatic heterocycles. The molecular formula is C25H17ClFN3O4S. The number of thiazole rings is 1. The second-order valence-electron chi connectivity index (χ2n) is 7.64. The van der Waals surface area contributed by atoms with Gasteiger partial charge in [-0.1, -0.05) is 35.1 Å². The molecule has 1 N–H and O–H groups in total. The highest BCUT2D eigenvalue weighted by Gasteiger charge is 2.48. The van der Waals surface area contributed by atoms with Crippen molar-refractivity contribution in [3.8, 4) is 5.75 Å². The fourth-order valence-corrected chi connectivity index (χ4v) is 5.12. The minimum atomic E-state index is -0.977. The van der Waals surface area contributed by atoms with E-state index >= 15 is 0 Å². The number of anilines is 1. The summed E-state index contributed by atoms with van der Waals surface area (Å²) in [4.78, 5) is 36.2. The maximum atomic E-state index is 14.0. The first-order valence-electron chi connectivity index (χ1n) is 10.6. The molecule has 1 fully saturated rings. The fraction of sp³-hybridized carbons (Fsp3) is 0.120. The number of amides is 1. The third-order valence-corrected chi connectivity index (χ3v) is 6.82. The van der Waals surface area contributed by atoms with Crippen molar-refractivity contribution in [2.75, 3.05) is 11.5 Å². The van der Waals surface area contributed by atoms with Gasteiger partial charge in [0.1, 0.15) is 17.3 Å². The number of hydrogen-bond acceptors (Lipinski definition) is 7. The number of fused-ring (bicyclic) bond motifs is 1. The molecule has 10 heteroatoms. The van der Waals surface area contributed by atoms with Gasteiger partial charge in [0.05, 0.1) is 33.5 Å². The molecule has 0 saturated carbocycles. The molecule has 1 aliphatic rings. The minimum Gasteiger partial charge on any atom is -0.507 e. The Morgan fingerprint density at radius 1 is 1.20 bits per heavy atom. The van der Waals surface area contributed by atoms with Crippen LogP contribution < -0.4 is 9.64 Å². The number of carbonyl (C=O) groups is 2. The lowest BCUT2D eigenvalue weighted by atomic mass is 9.96. The maximum absolute atomic E-state index is 14.0. The van der Waals surface area contributed by atoms with Crippen LogP contribution in [0.25, 0.3) is 16.0 Å². The Balaban J connectivity index is 1.70. The second-order valence-corrected chi connectivity index (χ2v) is 9.06. The Kier molecular flexibility index (Phi) is 5.96. The highest BCUT2D eigenvalue weighted by Crippen LogP contribution is 2.44. The van der Waals surface area contributed by atoms with Gasteiger partial charge in [-0.05, 0) is 48.9 Å². The van der Waals surface area contributed by atoms with Gasteiger partial charge < -0.3 is 9.84 Å².